The second-order valence-electron chi connectivity index (χ2n) is 4.65. The topological polar surface area (TPSA) is 71.1 Å². The number of hydrogen-bond donors (Lipinski definition) is 2. The van der Waals surface area contributed by atoms with Gasteiger partial charge in [-0.25, -0.2) is 4.98 Å². The van der Waals surface area contributed by atoms with E-state index in [9.17, 15) is 9.59 Å². The minimum Gasteiger partial charge on any atom is -0.318 e. The van der Waals surface area contributed by atoms with Gasteiger partial charge in [0.2, 0.25) is 0 Å². The number of nitrogens with zero attached hydrogens (tertiary/aromatic N) is 1. The molecule has 5 nitrogen and oxygen atoms in total. The Kier molecular flexibility index (Phi) is 4.70. The third kappa shape index (κ3) is 3.88. The number of thiazole rings is 1. The zero-order chi connectivity index (χ0) is 15.4. The molecule has 0 saturated heterocycles. The Morgan fingerprint density at radius 1 is 1.10 bits per heavy atom. The first-order valence-electron chi connectivity index (χ1n) is 6.65. The molecule has 2 amide bonds. The summed E-state index contributed by atoms with van der Waals surface area (Å²) in [6.45, 7) is 5.89. The Morgan fingerprint density at radius 3 is 2.29 bits per heavy atom. The van der Waals surface area contributed by atoms with Crippen LogP contribution in [-0.2, 0) is 16.0 Å². The van der Waals surface area contributed by atoms with Gasteiger partial charge in [-0.05, 0) is 32.4 Å². The van der Waals surface area contributed by atoms with E-state index in [4.69, 9.17) is 0 Å². The normalized spacial score (nSPS) is 10.2. The molecule has 2 aromatic rings. The lowest BCUT2D eigenvalue weighted by Crippen LogP contribution is -2.29. The van der Waals surface area contributed by atoms with Gasteiger partial charge in [-0.15, -0.1) is 11.3 Å². The first-order chi connectivity index (χ1) is 9.99. The number of anilines is 2. The van der Waals surface area contributed by atoms with E-state index in [0.717, 1.165) is 22.6 Å². The number of rotatable bonds is 3. The zero-order valence-electron chi connectivity index (χ0n) is 12.2. The second-order valence-corrected chi connectivity index (χ2v) is 5.85. The number of aromatic nitrogens is 1. The molecule has 0 atom stereocenters. The second kappa shape index (κ2) is 6.49. The van der Waals surface area contributed by atoms with E-state index < -0.39 is 11.8 Å². The lowest BCUT2D eigenvalue weighted by molar-refractivity contribution is -0.132. The van der Waals surface area contributed by atoms with Gasteiger partial charge in [-0.2, -0.15) is 0 Å². The van der Waals surface area contributed by atoms with Gasteiger partial charge >= 0.3 is 11.8 Å². The summed E-state index contributed by atoms with van der Waals surface area (Å²) >= 11 is 1.37. The number of amides is 2. The van der Waals surface area contributed by atoms with Crippen LogP contribution in [0.2, 0.25) is 0 Å². The van der Waals surface area contributed by atoms with Crippen molar-refractivity contribution in [1.82, 2.24) is 4.98 Å². The molecule has 0 unspecified atom stereocenters. The summed E-state index contributed by atoms with van der Waals surface area (Å²) in [7, 11) is 0. The molecule has 110 valence electrons. The van der Waals surface area contributed by atoms with Crippen LogP contribution in [0.1, 0.15) is 23.1 Å². The molecule has 6 heteroatoms. The van der Waals surface area contributed by atoms with Gasteiger partial charge in [0.25, 0.3) is 0 Å². The first-order valence-corrected chi connectivity index (χ1v) is 7.46. The molecule has 0 saturated carbocycles. The molecule has 0 spiro atoms. The van der Waals surface area contributed by atoms with Gasteiger partial charge in [0.1, 0.15) is 0 Å². The molecule has 0 aliphatic carbocycles. The van der Waals surface area contributed by atoms with E-state index in [1.807, 2.05) is 32.9 Å². The van der Waals surface area contributed by atoms with Gasteiger partial charge in [-0.3, -0.25) is 14.9 Å². The van der Waals surface area contributed by atoms with Crippen LogP contribution in [0, 0.1) is 13.8 Å². The molecule has 0 radical (unpaired) electrons. The maximum absolute atomic E-state index is 11.8. The van der Waals surface area contributed by atoms with Gasteiger partial charge in [0, 0.05) is 10.6 Å². The Labute approximate surface area is 127 Å². The largest absolute Gasteiger partial charge is 0.318 e. The van der Waals surface area contributed by atoms with Crippen molar-refractivity contribution < 1.29 is 9.59 Å². The van der Waals surface area contributed by atoms with Crippen LogP contribution in [0.3, 0.4) is 0 Å². The summed E-state index contributed by atoms with van der Waals surface area (Å²) in [5.74, 6) is -1.42. The van der Waals surface area contributed by atoms with E-state index in [2.05, 4.69) is 15.6 Å². The summed E-state index contributed by atoms with van der Waals surface area (Å²) in [5.41, 5.74) is 2.61. The fraction of sp³-hybridized carbons (Fsp3) is 0.267. The summed E-state index contributed by atoms with van der Waals surface area (Å²) in [5, 5.41) is 5.53. The molecule has 21 heavy (non-hydrogen) atoms. The Morgan fingerprint density at radius 2 is 1.71 bits per heavy atom. The van der Waals surface area contributed by atoms with Crippen LogP contribution < -0.4 is 10.6 Å². The smallest absolute Gasteiger partial charge is 0.315 e. The van der Waals surface area contributed by atoms with Gasteiger partial charge in [0.05, 0.1) is 5.69 Å². The molecule has 0 aliphatic heterocycles. The average molecular weight is 303 g/mol. The van der Waals surface area contributed by atoms with Crippen LogP contribution in [0.15, 0.2) is 24.3 Å². The minimum atomic E-state index is -0.716. The van der Waals surface area contributed by atoms with Crippen LogP contribution >= 0.6 is 11.3 Å². The Bertz CT molecular complexity index is 662. The standard InChI is InChI=1S/C15H17N3O2S/c1-4-12-10(3)21-15(17-12)18-14(20)13(19)16-11-7-5-9(2)6-8-11/h5-8H,4H2,1-3H3,(H,16,19)(H,17,18,20). The number of carbonyl (C=O) groups is 2. The predicted octanol–water partition coefficient (Wildman–Crippen LogP) is 2.90. The van der Waals surface area contributed by atoms with Crippen molar-refractivity contribution >= 4 is 34.0 Å². The van der Waals surface area contributed by atoms with Crippen LogP contribution in [0.5, 0.6) is 0 Å². The molecule has 1 aromatic heterocycles. The van der Waals surface area contributed by atoms with Crippen LogP contribution in [0.4, 0.5) is 10.8 Å². The fourth-order valence-electron chi connectivity index (χ4n) is 1.79. The third-order valence-electron chi connectivity index (χ3n) is 2.96. The molecule has 0 fully saturated rings. The van der Waals surface area contributed by atoms with Crippen molar-refractivity contribution in [2.24, 2.45) is 0 Å². The molecule has 0 aliphatic rings. The number of nitrogens with one attached hydrogen (secondary N) is 2. The van der Waals surface area contributed by atoms with Crippen molar-refractivity contribution in [3.05, 3.63) is 40.4 Å². The summed E-state index contributed by atoms with van der Waals surface area (Å²) in [6.07, 6.45) is 0.799. The first kappa shape index (κ1) is 15.2. The quantitative estimate of drug-likeness (QED) is 0.856. The van der Waals surface area contributed by atoms with Gasteiger partial charge in [-0.1, -0.05) is 24.6 Å². The maximum atomic E-state index is 11.8. The van der Waals surface area contributed by atoms with Crippen molar-refractivity contribution in [2.75, 3.05) is 10.6 Å². The van der Waals surface area contributed by atoms with Crippen molar-refractivity contribution in [2.45, 2.75) is 27.2 Å². The molecule has 2 rings (SSSR count). The number of hydrogen-bond acceptors (Lipinski definition) is 4. The SMILES string of the molecule is CCc1nc(NC(=O)C(=O)Nc2ccc(C)cc2)sc1C. The minimum absolute atomic E-state index is 0.452. The van der Waals surface area contributed by atoms with Crippen LogP contribution in [0.25, 0.3) is 0 Å². The monoisotopic (exact) mass is 303 g/mol. The third-order valence-corrected chi connectivity index (χ3v) is 3.89. The summed E-state index contributed by atoms with van der Waals surface area (Å²) in [6, 6.07) is 7.24. The lowest BCUT2D eigenvalue weighted by Gasteiger charge is -2.04. The molecule has 1 aromatic carbocycles. The van der Waals surface area contributed by atoms with Gasteiger partial charge < -0.3 is 5.32 Å². The summed E-state index contributed by atoms with van der Waals surface area (Å²) < 4.78 is 0. The average Bonchev–Trinajstić information content (AvgIpc) is 2.81. The molecular weight excluding hydrogens is 286 g/mol. The number of carbonyl (C=O) groups excluding carboxylic acids is 2. The fourth-order valence-corrected chi connectivity index (χ4v) is 2.69. The maximum Gasteiger partial charge on any atom is 0.315 e. The summed E-state index contributed by atoms with van der Waals surface area (Å²) in [4.78, 5) is 29.0. The molecule has 1 heterocycles. The highest BCUT2D eigenvalue weighted by Gasteiger charge is 2.16. The molecule has 2 N–H and O–H groups in total. The lowest BCUT2D eigenvalue weighted by atomic mass is 10.2. The van der Waals surface area contributed by atoms with Crippen molar-refractivity contribution in [3.8, 4) is 0 Å². The van der Waals surface area contributed by atoms with E-state index >= 15 is 0 Å². The Balaban J connectivity index is 1.99. The van der Waals surface area contributed by atoms with E-state index in [1.165, 1.54) is 11.3 Å². The number of aryl methyl sites for hydroxylation is 3. The molecule has 0 bridgehead atoms. The van der Waals surface area contributed by atoms with Crippen molar-refractivity contribution in [1.29, 1.82) is 0 Å². The zero-order valence-corrected chi connectivity index (χ0v) is 13.0. The van der Waals surface area contributed by atoms with Gasteiger partial charge in [0.15, 0.2) is 5.13 Å². The highest BCUT2D eigenvalue weighted by molar-refractivity contribution is 7.15. The van der Waals surface area contributed by atoms with E-state index in [-0.39, 0.29) is 0 Å². The number of benzene rings is 1. The highest BCUT2D eigenvalue weighted by atomic mass is 32.1. The molecular formula is C15H17N3O2S. The van der Waals surface area contributed by atoms with E-state index in [1.54, 1.807) is 12.1 Å². The highest BCUT2D eigenvalue weighted by Crippen LogP contribution is 2.22. The van der Waals surface area contributed by atoms with Crippen molar-refractivity contribution in [3.63, 3.8) is 0 Å². The van der Waals surface area contributed by atoms with Crippen LogP contribution in [-0.4, -0.2) is 16.8 Å². The predicted molar refractivity (Wildman–Crippen MR) is 84.7 cm³/mol. The Hall–Kier alpha value is -2.21. The van der Waals surface area contributed by atoms with E-state index in [0.29, 0.717) is 10.8 Å².